The fourth-order valence-corrected chi connectivity index (χ4v) is 2.79. The second kappa shape index (κ2) is 7.01. The first-order valence-electron chi connectivity index (χ1n) is 6.54. The van der Waals surface area contributed by atoms with E-state index in [1.54, 1.807) is 11.3 Å². The van der Waals surface area contributed by atoms with Crippen LogP contribution in [0.1, 0.15) is 23.3 Å². The number of ketones is 1. The molecule has 20 heavy (non-hydrogen) atoms. The Morgan fingerprint density at radius 1 is 1.15 bits per heavy atom. The van der Waals surface area contributed by atoms with Crippen LogP contribution in [-0.4, -0.2) is 18.2 Å². The van der Waals surface area contributed by atoms with Crippen LogP contribution in [-0.2, 0) is 16.0 Å². The van der Waals surface area contributed by atoms with E-state index in [4.69, 9.17) is 0 Å². The summed E-state index contributed by atoms with van der Waals surface area (Å²) in [5, 5.41) is 4.86. The molecule has 104 valence electrons. The lowest BCUT2D eigenvalue weighted by atomic mass is 9.94. The van der Waals surface area contributed by atoms with Crippen LogP contribution in [0.15, 0.2) is 47.8 Å². The Labute approximate surface area is 122 Å². The van der Waals surface area contributed by atoms with Gasteiger partial charge in [-0.1, -0.05) is 36.4 Å². The van der Waals surface area contributed by atoms with Gasteiger partial charge in [0.05, 0.1) is 0 Å². The van der Waals surface area contributed by atoms with Crippen LogP contribution in [0.5, 0.6) is 0 Å². The van der Waals surface area contributed by atoms with Crippen molar-refractivity contribution < 1.29 is 9.59 Å². The number of carbonyl (C=O) groups is 2. The summed E-state index contributed by atoms with van der Waals surface area (Å²) in [5.74, 6) is -1.07. The third-order valence-corrected chi connectivity index (χ3v) is 3.99. The van der Waals surface area contributed by atoms with Crippen LogP contribution < -0.4 is 5.32 Å². The topological polar surface area (TPSA) is 46.2 Å². The van der Waals surface area contributed by atoms with E-state index >= 15 is 0 Å². The molecule has 1 unspecified atom stereocenters. The standard InChI is InChI=1S/C16H17NO2S/c1-12(18)15(13-6-3-2-4-7-13)16(19)17-10-9-14-8-5-11-20-14/h2-8,11,15H,9-10H2,1H3,(H,17,19). The molecule has 0 saturated carbocycles. The van der Waals surface area contributed by atoms with Gasteiger partial charge in [0.15, 0.2) is 0 Å². The van der Waals surface area contributed by atoms with Crippen molar-refractivity contribution in [1.82, 2.24) is 5.32 Å². The fraction of sp³-hybridized carbons (Fsp3) is 0.250. The molecular weight excluding hydrogens is 270 g/mol. The lowest BCUT2D eigenvalue weighted by molar-refractivity contribution is -0.129. The van der Waals surface area contributed by atoms with Crippen molar-refractivity contribution in [3.63, 3.8) is 0 Å². The van der Waals surface area contributed by atoms with Gasteiger partial charge in [-0.25, -0.2) is 0 Å². The number of hydrogen-bond acceptors (Lipinski definition) is 3. The van der Waals surface area contributed by atoms with Gasteiger partial charge in [-0.15, -0.1) is 11.3 Å². The minimum Gasteiger partial charge on any atom is -0.355 e. The number of benzene rings is 1. The molecule has 0 aliphatic heterocycles. The highest BCUT2D eigenvalue weighted by Crippen LogP contribution is 2.17. The van der Waals surface area contributed by atoms with Crippen LogP contribution >= 0.6 is 11.3 Å². The van der Waals surface area contributed by atoms with E-state index in [1.165, 1.54) is 11.8 Å². The van der Waals surface area contributed by atoms with Gasteiger partial charge in [0.1, 0.15) is 11.7 Å². The minimum absolute atomic E-state index is 0.134. The molecule has 3 nitrogen and oxygen atoms in total. The Kier molecular flexibility index (Phi) is 5.07. The van der Waals surface area contributed by atoms with Crippen molar-refractivity contribution >= 4 is 23.0 Å². The summed E-state index contributed by atoms with van der Waals surface area (Å²) in [6.07, 6.45) is 0.794. The van der Waals surface area contributed by atoms with Crippen molar-refractivity contribution in [2.75, 3.05) is 6.54 Å². The monoisotopic (exact) mass is 287 g/mol. The molecule has 1 atom stereocenters. The molecule has 0 radical (unpaired) electrons. The van der Waals surface area contributed by atoms with Gasteiger partial charge in [0.2, 0.25) is 5.91 Å². The van der Waals surface area contributed by atoms with Gasteiger partial charge in [-0.2, -0.15) is 0 Å². The molecule has 1 amide bonds. The SMILES string of the molecule is CC(=O)C(C(=O)NCCc1cccs1)c1ccccc1. The van der Waals surface area contributed by atoms with Crippen molar-refractivity contribution in [1.29, 1.82) is 0 Å². The molecular formula is C16H17NO2S. The van der Waals surface area contributed by atoms with Crippen LogP contribution in [0, 0.1) is 0 Å². The van der Waals surface area contributed by atoms with Gasteiger partial charge in [0, 0.05) is 11.4 Å². The van der Waals surface area contributed by atoms with E-state index in [0.717, 1.165) is 12.0 Å². The van der Waals surface area contributed by atoms with Crippen molar-refractivity contribution in [2.45, 2.75) is 19.3 Å². The number of thiophene rings is 1. The van der Waals surface area contributed by atoms with E-state index in [2.05, 4.69) is 5.32 Å². The van der Waals surface area contributed by atoms with Gasteiger partial charge in [-0.3, -0.25) is 9.59 Å². The Hall–Kier alpha value is -1.94. The smallest absolute Gasteiger partial charge is 0.235 e. The Balaban J connectivity index is 1.96. The van der Waals surface area contributed by atoms with Crippen molar-refractivity contribution in [2.24, 2.45) is 0 Å². The summed E-state index contributed by atoms with van der Waals surface area (Å²) in [6, 6.07) is 13.2. The summed E-state index contributed by atoms with van der Waals surface area (Å²) >= 11 is 1.67. The number of Topliss-reactive ketones (excluding diaryl/α,β-unsaturated/α-hetero) is 1. The van der Waals surface area contributed by atoms with E-state index in [-0.39, 0.29) is 11.7 Å². The molecule has 2 aromatic rings. The number of hydrogen-bond donors (Lipinski definition) is 1. The lowest BCUT2D eigenvalue weighted by Gasteiger charge is -2.14. The van der Waals surface area contributed by atoms with Crippen LogP contribution in [0.2, 0.25) is 0 Å². The highest BCUT2D eigenvalue weighted by molar-refractivity contribution is 7.09. The Morgan fingerprint density at radius 2 is 1.90 bits per heavy atom. The summed E-state index contributed by atoms with van der Waals surface area (Å²) in [5.41, 5.74) is 0.744. The molecule has 0 saturated heterocycles. The molecule has 0 fully saturated rings. The van der Waals surface area contributed by atoms with Crippen LogP contribution in [0.4, 0.5) is 0 Å². The number of rotatable bonds is 6. The first-order chi connectivity index (χ1) is 9.68. The summed E-state index contributed by atoms with van der Waals surface area (Å²) < 4.78 is 0. The predicted octanol–water partition coefficient (Wildman–Crippen LogP) is 2.78. The fourth-order valence-electron chi connectivity index (χ4n) is 2.08. The number of amides is 1. The highest BCUT2D eigenvalue weighted by atomic mass is 32.1. The summed E-state index contributed by atoms with van der Waals surface area (Å²) in [7, 11) is 0. The first-order valence-corrected chi connectivity index (χ1v) is 7.42. The lowest BCUT2D eigenvalue weighted by Crippen LogP contribution is -2.34. The quantitative estimate of drug-likeness (QED) is 0.830. The van der Waals surface area contributed by atoms with Crippen LogP contribution in [0.25, 0.3) is 0 Å². The average Bonchev–Trinajstić information content (AvgIpc) is 2.93. The average molecular weight is 287 g/mol. The summed E-state index contributed by atoms with van der Waals surface area (Å²) in [6.45, 7) is 2.01. The molecule has 0 aliphatic carbocycles. The summed E-state index contributed by atoms with van der Waals surface area (Å²) in [4.78, 5) is 25.1. The van der Waals surface area contributed by atoms with Gasteiger partial charge in [-0.05, 0) is 30.4 Å². The second-order valence-electron chi connectivity index (χ2n) is 4.57. The zero-order valence-corrected chi connectivity index (χ0v) is 12.2. The normalized spacial score (nSPS) is 11.8. The zero-order valence-electron chi connectivity index (χ0n) is 11.3. The highest BCUT2D eigenvalue weighted by Gasteiger charge is 2.24. The Bertz CT molecular complexity index is 563. The molecule has 4 heteroatoms. The predicted molar refractivity (Wildman–Crippen MR) is 80.9 cm³/mol. The van der Waals surface area contributed by atoms with E-state index in [9.17, 15) is 9.59 Å². The van der Waals surface area contributed by atoms with Crippen LogP contribution in [0.3, 0.4) is 0 Å². The maximum Gasteiger partial charge on any atom is 0.235 e. The van der Waals surface area contributed by atoms with Gasteiger partial charge < -0.3 is 5.32 Å². The Morgan fingerprint density at radius 3 is 2.50 bits per heavy atom. The molecule has 1 aromatic heterocycles. The first kappa shape index (κ1) is 14.5. The zero-order chi connectivity index (χ0) is 14.4. The molecule has 0 bridgehead atoms. The molecule has 0 spiro atoms. The van der Waals surface area contributed by atoms with Crippen molar-refractivity contribution in [3.8, 4) is 0 Å². The van der Waals surface area contributed by atoms with E-state index < -0.39 is 5.92 Å². The number of nitrogens with one attached hydrogen (secondary N) is 1. The van der Waals surface area contributed by atoms with Gasteiger partial charge in [0.25, 0.3) is 0 Å². The molecule has 1 aromatic carbocycles. The maximum absolute atomic E-state index is 12.2. The third-order valence-electron chi connectivity index (χ3n) is 3.05. The minimum atomic E-state index is -0.709. The molecule has 1 heterocycles. The van der Waals surface area contributed by atoms with E-state index in [0.29, 0.717) is 6.54 Å². The van der Waals surface area contributed by atoms with Gasteiger partial charge >= 0.3 is 0 Å². The third kappa shape index (κ3) is 3.78. The van der Waals surface area contributed by atoms with Crippen molar-refractivity contribution in [3.05, 3.63) is 58.3 Å². The second-order valence-corrected chi connectivity index (χ2v) is 5.61. The molecule has 2 rings (SSSR count). The molecule has 0 aliphatic rings. The maximum atomic E-state index is 12.2. The largest absolute Gasteiger partial charge is 0.355 e. The number of carbonyl (C=O) groups excluding carboxylic acids is 2. The molecule has 1 N–H and O–H groups in total. The van der Waals surface area contributed by atoms with E-state index in [1.807, 2.05) is 47.8 Å².